The average molecular weight is 311 g/mol. The average Bonchev–Trinajstić information content (AvgIpc) is 3.09. The van der Waals surface area contributed by atoms with Gasteiger partial charge in [0.1, 0.15) is 5.82 Å². The number of rotatable bonds is 4. The van der Waals surface area contributed by atoms with Gasteiger partial charge in [-0.25, -0.2) is 4.68 Å². The van der Waals surface area contributed by atoms with Crippen molar-refractivity contribution >= 4 is 11.5 Å². The van der Waals surface area contributed by atoms with E-state index in [-0.39, 0.29) is 0 Å². The van der Waals surface area contributed by atoms with E-state index in [4.69, 9.17) is 0 Å². The smallest absolute Gasteiger partial charge is 0.124 e. The zero-order valence-corrected chi connectivity index (χ0v) is 13.5. The minimum absolute atomic E-state index is 0.620. The molecule has 23 heavy (non-hydrogen) atoms. The summed E-state index contributed by atoms with van der Waals surface area (Å²) in [6.45, 7) is 5.43. The molecule has 2 aromatic rings. The fraction of sp³-hybridized carbons (Fsp3) is 0.500. The molecular formula is C18H25N5. The molecule has 0 amide bonds. The molecule has 3 heterocycles. The molecule has 4 rings (SSSR count). The van der Waals surface area contributed by atoms with Crippen molar-refractivity contribution in [2.75, 3.05) is 36.4 Å². The highest BCUT2D eigenvalue weighted by Crippen LogP contribution is 2.20. The molecule has 0 saturated carbocycles. The van der Waals surface area contributed by atoms with Gasteiger partial charge in [0.25, 0.3) is 0 Å². The van der Waals surface area contributed by atoms with Crippen LogP contribution < -0.4 is 15.5 Å². The molecule has 1 aromatic heterocycles. The summed E-state index contributed by atoms with van der Waals surface area (Å²) in [7, 11) is 0. The summed E-state index contributed by atoms with van der Waals surface area (Å²) in [6.07, 6.45) is 4.32. The van der Waals surface area contributed by atoms with E-state index in [1.807, 2.05) is 12.3 Å². The molecule has 1 atom stereocenters. The number of hydrogen-bond acceptors (Lipinski definition) is 4. The van der Waals surface area contributed by atoms with Crippen molar-refractivity contribution in [1.82, 2.24) is 15.1 Å². The van der Waals surface area contributed by atoms with Gasteiger partial charge in [0.05, 0.1) is 6.20 Å². The lowest BCUT2D eigenvalue weighted by Gasteiger charge is -2.35. The normalized spacial score (nSPS) is 21.7. The summed E-state index contributed by atoms with van der Waals surface area (Å²) in [5, 5.41) is 11.6. The van der Waals surface area contributed by atoms with Crippen LogP contribution in [-0.4, -0.2) is 42.0 Å². The first-order valence-corrected chi connectivity index (χ1v) is 8.67. The van der Waals surface area contributed by atoms with Crippen LogP contribution in [0.3, 0.4) is 0 Å². The molecule has 1 fully saturated rings. The molecule has 2 N–H and O–H groups in total. The summed E-state index contributed by atoms with van der Waals surface area (Å²) >= 11 is 0. The van der Waals surface area contributed by atoms with Gasteiger partial charge in [0, 0.05) is 56.4 Å². The fourth-order valence-electron chi connectivity index (χ4n) is 3.64. The van der Waals surface area contributed by atoms with Crippen molar-refractivity contribution in [3.63, 3.8) is 0 Å². The Bertz CT molecular complexity index is 615. The number of hydrogen-bond donors (Lipinski definition) is 2. The van der Waals surface area contributed by atoms with Gasteiger partial charge in [0.2, 0.25) is 0 Å². The zero-order valence-electron chi connectivity index (χ0n) is 13.5. The molecule has 5 heteroatoms. The Labute approximate surface area is 137 Å². The van der Waals surface area contributed by atoms with E-state index in [2.05, 4.69) is 55.6 Å². The van der Waals surface area contributed by atoms with Crippen molar-refractivity contribution in [2.24, 2.45) is 5.92 Å². The van der Waals surface area contributed by atoms with Crippen LogP contribution in [0.1, 0.15) is 12.8 Å². The lowest BCUT2D eigenvalue weighted by Crippen LogP contribution is -2.45. The van der Waals surface area contributed by atoms with Gasteiger partial charge in [-0.2, -0.15) is 5.10 Å². The standard InChI is InChI=1S/C18H25N5/c1-2-4-17(5-3-1)22-10-7-16(8-11-22)19-12-15-13-20-18-6-9-21-23(18)14-15/h1-6,9,15-16,19-20H,7-8,10-14H2/t15-/m0/s1. The van der Waals surface area contributed by atoms with E-state index in [0.717, 1.165) is 38.5 Å². The highest BCUT2D eigenvalue weighted by Gasteiger charge is 2.22. The van der Waals surface area contributed by atoms with E-state index >= 15 is 0 Å². The van der Waals surface area contributed by atoms with E-state index in [9.17, 15) is 0 Å². The second-order valence-electron chi connectivity index (χ2n) is 6.65. The lowest BCUT2D eigenvalue weighted by molar-refractivity contribution is 0.342. The predicted molar refractivity (Wildman–Crippen MR) is 93.9 cm³/mol. The third-order valence-corrected chi connectivity index (χ3v) is 5.03. The van der Waals surface area contributed by atoms with Crippen LogP contribution in [0.15, 0.2) is 42.6 Å². The van der Waals surface area contributed by atoms with Gasteiger partial charge >= 0.3 is 0 Å². The number of fused-ring (bicyclic) bond motifs is 1. The minimum Gasteiger partial charge on any atom is -0.371 e. The molecular weight excluding hydrogens is 286 g/mol. The number of piperidine rings is 1. The summed E-state index contributed by atoms with van der Waals surface area (Å²) < 4.78 is 2.08. The maximum atomic E-state index is 4.37. The molecule has 0 aliphatic carbocycles. The molecule has 1 saturated heterocycles. The Hall–Kier alpha value is -2.01. The highest BCUT2D eigenvalue weighted by molar-refractivity contribution is 5.46. The number of nitrogens with one attached hydrogen (secondary N) is 2. The lowest BCUT2D eigenvalue weighted by atomic mass is 10.0. The van der Waals surface area contributed by atoms with E-state index < -0.39 is 0 Å². The van der Waals surface area contributed by atoms with Gasteiger partial charge in [-0.05, 0) is 25.0 Å². The largest absolute Gasteiger partial charge is 0.371 e. The number of nitrogens with zero attached hydrogens (tertiary/aromatic N) is 3. The van der Waals surface area contributed by atoms with Crippen molar-refractivity contribution in [1.29, 1.82) is 0 Å². The molecule has 0 spiro atoms. The highest BCUT2D eigenvalue weighted by atomic mass is 15.3. The van der Waals surface area contributed by atoms with E-state index in [0.29, 0.717) is 12.0 Å². The van der Waals surface area contributed by atoms with Crippen molar-refractivity contribution in [3.05, 3.63) is 42.6 Å². The second-order valence-corrected chi connectivity index (χ2v) is 6.65. The molecule has 5 nitrogen and oxygen atoms in total. The molecule has 0 unspecified atom stereocenters. The van der Waals surface area contributed by atoms with Crippen LogP contribution >= 0.6 is 0 Å². The van der Waals surface area contributed by atoms with Gasteiger partial charge in [0.15, 0.2) is 0 Å². The summed E-state index contributed by atoms with van der Waals surface area (Å²) in [4.78, 5) is 2.50. The number of anilines is 2. The zero-order chi connectivity index (χ0) is 15.5. The Balaban J connectivity index is 1.23. The number of para-hydroxylation sites is 1. The van der Waals surface area contributed by atoms with E-state index in [1.54, 1.807) is 0 Å². The summed E-state index contributed by atoms with van der Waals surface area (Å²) in [5.41, 5.74) is 1.36. The van der Waals surface area contributed by atoms with Crippen molar-refractivity contribution in [2.45, 2.75) is 25.4 Å². The van der Waals surface area contributed by atoms with Crippen LogP contribution in [0, 0.1) is 5.92 Å². The van der Waals surface area contributed by atoms with Crippen LogP contribution in [0.4, 0.5) is 11.5 Å². The maximum Gasteiger partial charge on any atom is 0.124 e. The van der Waals surface area contributed by atoms with Crippen molar-refractivity contribution < 1.29 is 0 Å². The summed E-state index contributed by atoms with van der Waals surface area (Å²) in [5.74, 6) is 1.77. The predicted octanol–water partition coefficient (Wildman–Crippen LogP) is 2.18. The number of aromatic nitrogens is 2. The monoisotopic (exact) mass is 311 g/mol. The molecule has 122 valence electrons. The Kier molecular flexibility index (Phi) is 4.20. The first-order chi connectivity index (χ1) is 11.4. The molecule has 0 bridgehead atoms. The Morgan fingerprint density at radius 1 is 1.13 bits per heavy atom. The van der Waals surface area contributed by atoms with Crippen molar-refractivity contribution in [3.8, 4) is 0 Å². The molecule has 2 aliphatic heterocycles. The SMILES string of the molecule is c1ccc(N2CCC(NC[C@H]3CNc4ccnn4C3)CC2)cc1. The van der Waals surface area contributed by atoms with Crippen LogP contribution in [-0.2, 0) is 6.54 Å². The second kappa shape index (κ2) is 6.62. The maximum absolute atomic E-state index is 4.37. The van der Waals surface area contributed by atoms with Gasteiger partial charge in [-0.1, -0.05) is 18.2 Å². The quantitative estimate of drug-likeness (QED) is 0.908. The van der Waals surface area contributed by atoms with Gasteiger partial charge in [-0.3, -0.25) is 0 Å². The molecule has 0 radical (unpaired) electrons. The molecule has 2 aliphatic rings. The van der Waals surface area contributed by atoms with E-state index in [1.165, 1.54) is 18.5 Å². The minimum atomic E-state index is 0.620. The molecule has 1 aromatic carbocycles. The van der Waals surface area contributed by atoms with Crippen LogP contribution in [0.5, 0.6) is 0 Å². The first kappa shape index (κ1) is 14.6. The Morgan fingerprint density at radius 2 is 1.96 bits per heavy atom. The fourth-order valence-corrected chi connectivity index (χ4v) is 3.64. The third kappa shape index (κ3) is 3.34. The van der Waals surface area contributed by atoms with Gasteiger partial charge < -0.3 is 15.5 Å². The number of benzene rings is 1. The topological polar surface area (TPSA) is 45.1 Å². The van der Waals surface area contributed by atoms with Gasteiger partial charge in [-0.15, -0.1) is 0 Å². The van der Waals surface area contributed by atoms with Crippen LogP contribution in [0.25, 0.3) is 0 Å². The van der Waals surface area contributed by atoms with Crippen LogP contribution in [0.2, 0.25) is 0 Å². The third-order valence-electron chi connectivity index (χ3n) is 5.03. The first-order valence-electron chi connectivity index (χ1n) is 8.67. The summed E-state index contributed by atoms with van der Waals surface area (Å²) in [6, 6.07) is 13.4. The Morgan fingerprint density at radius 3 is 2.78 bits per heavy atom.